The zero-order chi connectivity index (χ0) is 20.9. The molecule has 0 aromatic heterocycles. The lowest BCUT2D eigenvalue weighted by Crippen LogP contribution is -2.55. The highest BCUT2D eigenvalue weighted by Crippen LogP contribution is 2.20. The number of halogens is 2. The Morgan fingerprint density at radius 3 is 2.39 bits per heavy atom. The van der Waals surface area contributed by atoms with Gasteiger partial charge in [-0.15, -0.1) is 0 Å². The Morgan fingerprint density at radius 1 is 1.25 bits per heavy atom. The van der Waals surface area contributed by atoms with Crippen molar-refractivity contribution in [2.45, 2.75) is 24.3 Å². The molecule has 1 N–H and O–H groups in total. The zero-order valence-corrected chi connectivity index (χ0v) is 18.0. The summed E-state index contributed by atoms with van der Waals surface area (Å²) in [6, 6.07) is 2.13. The largest absolute Gasteiger partial charge is 0.339 e. The third kappa shape index (κ3) is 5.82. The molecule has 1 atom stereocenters. The van der Waals surface area contributed by atoms with Crippen molar-refractivity contribution in [1.82, 2.24) is 14.5 Å². The number of carbonyl (C=O) groups is 2. The second-order valence-electron chi connectivity index (χ2n) is 6.36. The smallest absolute Gasteiger partial charge is 0.241 e. The Labute approximate surface area is 173 Å². The summed E-state index contributed by atoms with van der Waals surface area (Å²) in [5, 5.41) is -0.310. The van der Waals surface area contributed by atoms with Gasteiger partial charge in [-0.1, -0.05) is 11.6 Å². The SMILES string of the molecule is CSCCC(NS(=O)(=O)c1ccc(F)c(Cl)c1)C(=O)N1CCN(C(C)=O)CC1. The van der Waals surface area contributed by atoms with Gasteiger partial charge in [-0.3, -0.25) is 9.59 Å². The first-order valence-corrected chi connectivity index (χ1v) is 11.9. The van der Waals surface area contributed by atoms with E-state index in [0.29, 0.717) is 38.4 Å². The molecule has 2 amide bonds. The van der Waals surface area contributed by atoms with Crippen LogP contribution in [0.25, 0.3) is 0 Å². The molecule has 7 nitrogen and oxygen atoms in total. The second kappa shape index (κ2) is 9.91. The van der Waals surface area contributed by atoms with E-state index in [1.54, 1.807) is 9.80 Å². The molecule has 0 radical (unpaired) electrons. The van der Waals surface area contributed by atoms with E-state index in [2.05, 4.69) is 4.72 Å². The molecule has 0 spiro atoms. The molecule has 1 fully saturated rings. The molecule has 1 saturated heterocycles. The summed E-state index contributed by atoms with van der Waals surface area (Å²) >= 11 is 7.18. The van der Waals surface area contributed by atoms with Crippen LogP contribution in [0.1, 0.15) is 13.3 Å². The monoisotopic (exact) mass is 451 g/mol. The number of carbonyl (C=O) groups excluding carboxylic acids is 2. The molecule has 1 aromatic carbocycles. The number of rotatable bonds is 7. The molecule has 1 aliphatic heterocycles. The fraction of sp³-hybridized carbons (Fsp3) is 0.529. The molecule has 28 heavy (non-hydrogen) atoms. The lowest BCUT2D eigenvalue weighted by Gasteiger charge is -2.36. The minimum absolute atomic E-state index is 0.0556. The van der Waals surface area contributed by atoms with Crippen LogP contribution >= 0.6 is 23.4 Å². The average Bonchev–Trinajstić information content (AvgIpc) is 2.66. The molecule has 11 heteroatoms. The van der Waals surface area contributed by atoms with E-state index in [9.17, 15) is 22.4 Å². The maximum atomic E-state index is 13.3. The molecule has 0 saturated carbocycles. The van der Waals surface area contributed by atoms with Crippen molar-refractivity contribution < 1.29 is 22.4 Å². The van der Waals surface area contributed by atoms with Gasteiger partial charge in [-0.2, -0.15) is 16.5 Å². The molecular formula is C17H23ClFN3O4S2. The minimum atomic E-state index is -4.06. The number of hydrogen-bond donors (Lipinski definition) is 1. The summed E-state index contributed by atoms with van der Waals surface area (Å²) in [6.07, 6.45) is 2.17. The molecule has 2 rings (SSSR count). The van der Waals surface area contributed by atoms with Crippen molar-refractivity contribution in [3.8, 4) is 0 Å². The zero-order valence-electron chi connectivity index (χ0n) is 15.7. The lowest BCUT2D eigenvalue weighted by atomic mass is 10.2. The summed E-state index contributed by atoms with van der Waals surface area (Å²) in [5.41, 5.74) is 0. The maximum Gasteiger partial charge on any atom is 0.241 e. The van der Waals surface area contributed by atoms with Crippen LogP contribution < -0.4 is 4.72 Å². The average molecular weight is 452 g/mol. The van der Waals surface area contributed by atoms with Crippen LogP contribution in [0, 0.1) is 5.82 Å². The van der Waals surface area contributed by atoms with Gasteiger partial charge in [-0.05, 0) is 36.6 Å². The predicted molar refractivity (Wildman–Crippen MR) is 107 cm³/mol. The summed E-state index contributed by atoms with van der Waals surface area (Å²) in [7, 11) is -4.06. The molecular weight excluding hydrogens is 429 g/mol. The number of nitrogens with zero attached hydrogens (tertiary/aromatic N) is 2. The van der Waals surface area contributed by atoms with E-state index < -0.39 is 21.9 Å². The highest BCUT2D eigenvalue weighted by Gasteiger charge is 2.31. The molecule has 0 aliphatic carbocycles. The number of sulfonamides is 1. The topological polar surface area (TPSA) is 86.8 Å². The number of thioether (sulfide) groups is 1. The fourth-order valence-electron chi connectivity index (χ4n) is 2.83. The molecule has 1 aromatic rings. The number of piperazine rings is 1. The fourth-order valence-corrected chi connectivity index (χ4v) is 4.80. The normalized spacial score (nSPS) is 16.1. The van der Waals surface area contributed by atoms with E-state index >= 15 is 0 Å². The highest BCUT2D eigenvalue weighted by molar-refractivity contribution is 7.98. The first-order chi connectivity index (χ1) is 13.2. The summed E-state index contributed by atoms with van der Waals surface area (Å²) in [4.78, 5) is 27.3. The Morgan fingerprint density at radius 2 is 1.86 bits per heavy atom. The van der Waals surface area contributed by atoms with Gasteiger partial charge in [0.25, 0.3) is 0 Å². The van der Waals surface area contributed by atoms with Gasteiger partial charge in [0, 0.05) is 33.1 Å². The van der Waals surface area contributed by atoms with Crippen LogP contribution in [0.2, 0.25) is 5.02 Å². The highest BCUT2D eigenvalue weighted by atomic mass is 35.5. The first kappa shape index (κ1) is 22.9. The van der Waals surface area contributed by atoms with Crippen molar-refractivity contribution in [2.24, 2.45) is 0 Å². The van der Waals surface area contributed by atoms with Gasteiger partial charge in [0.05, 0.1) is 9.92 Å². The van der Waals surface area contributed by atoms with E-state index in [1.807, 2.05) is 6.26 Å². The summed E-state index contributed by atoms with van der Waals surface area (Å²) in [6.45, 7) is 2.99. The van der Waals surface area contributed by atoms with E-state index in [1.165, 1.54) is 18.7 Å². The van der Waals surface area contributed by atoms with Crippen LogP contribution in [-0.2, 0) is 19.6 Å². The Balaban J connectivity index is 2.15. The van der Waals surface area contributed by atoms with Crippen LogP contribution in [0.3, 0.4) is 0 Å². The standard InChI is InChI=1S/C17H23ClFN3O4S2/c1-12(23)21-6-8-22(9-7-21)17(24)16(5-10-27-2)20-28(25,26)13-3-4-15(19)14(18)11-13/h3-4,11,16,20H,5-10H2,1-2H3. The van der Waals surface area contributed by atoms with Crippen LogP contribution in [-0.4, -0.2) is 74.3 Å². The van der Waals surface area contributed by atoms with E-state index in [-0.39, 0.29) is 21.7 Å². The van der Waals surface area contributed by atoms with E-state index in [0.717, 1.165) is 18.2 Å². The van der Waals surface area contributed by atoms with Crippen molar-refractivity contribution in [2.75, 3.05) is 38.2 Å². The van der Waals surface area contributed by atoms with Gasteiger partial charge in [0.2, 0.25) is 21.8 Å². The second-order valence-corrected chi connectivity index (χ2v) is 9.47. The molecule has 156 valence electrons. The van der Waals surface area contributed by atoms with Gasteiger partial charge in [-0.25, -0.2) is 12.8 Å². The van der Waals surface area contributed by atoms with Crippen molar-refractivity contribution in [3.05, 3.63) is 29.0 Å². The number of amides is 2. The Kier molecular flexibility index (Phi) is 8.11. The van der Waals surface area contributed by atoms with Crippen LogP contribution in [0.15, 0.2) is 23.1 Å². The summed E-state index contributed by atoms with van der Waals surface area (Å²) < 4.78 is 41.1. The minimum Gasteiger partial charge on any atom is -0.339 e. The van der Waals surface area contributed by atoms with E-state index in [4.69, 9.17) is 11.6 Å². The van der Waals surface area contributed by atoms with Crippen molar-refractivity contribution >= 4 is 45.2 Å². The molecule has 0 bridgehead atoms. The molecule has 1 heterocycles. The van der Waals surface area contributed by atoms with Crippen molar-refractivity contribution in [1.29, 1.82) is 0 Å². The molecule has 1 unspecified atom stereocenters. The lowest BCUT2D eigenvalue weighted by molar-refractivity contribution is -0.139. The molecule has 1 aliphatic rings. The Hall–Kier alpha value is -1.36. The summed E-state index contributed by atoms with van der Waals surface area (Å²) in [5.74, 6) is -0.538. The first-order valence-electron chi connectivity index (χ1n) is 8.66. The van der Waals surface area contributed by atoms with Gasteiger partial charge < -0.3 is 9.80 Å². The number of nitrogens with one attached hydrogen (secondary N) is 1. The quantitative estimate of drug-likeness (QED) is 0.680. The third-order valence-electron chi connectivity index (χ3n) is 4.44. The van der Waals surface area contributed by atoms with Crippen molar-refractivity contribution in [3.63, 3.8) is 0 Å². The number of hydrogen-bond acceptors (Lipinski definition) is 5. The Bertz CT molecular complexity index is 830. The third-order valence-corrected chi connectivity index (χ3v) is 6.85. The number of benzene rings is 1. The van der Waals surface area contributed by atoms with Gasteiger partial charge >= 0.3 is 0 Å². The van der Waals surface area contributed by atoms with Gasteiger partial charge in [0.1, 0.15) is 11.9 Å². The van der Waals surface area contributed by atoms with Crippen LogP contribution in [0.4, 0.5) is 4.39 Å². The van der Waals surface area contributed by atoms with Crippen LogP contribution in [0.5, 0.6) is 0 Å². The predicted octanol–water partition coefficient (Wildman–Crippen LogP) is 1.57. The van der Waals surface area contributed by atoms with Gasteiger partial charge in [0.15, 0.2) is 0 Å². The maximum absolute atomic E-state index is 13.3.